The smallest absolute Gasteiger partial charge is 0.303 e. The molecule has 1 saturated heterocycles. The van der Waals surface area contributed by atoms with Crippen molar-refractivity contribution >= 4 is 5.97 Å². The molecule has 2 aliphatic rings. The van der Waals surface area contributed by atoms with E-state index in [2.05, 4.69) is 17.0 Å². The van der Waals surface area contributed by atoms with E-state index in [0.29, 0.717) is 25.6 Å². The molecule has 2 heterocycles. The molecule has 5 heteroatoms. The van der Waals surface area contributed by atoms with Gasteiger partial charge in [-0.15, -0.1) is 0 Å². The fraction of sp³-hybridized carbons (Fsp3) is 0.562. The number of aliphatic carboxylic acids is 1. The summed E-state index contributed by atoms with van der Waals surface area (Å²) in [7, 11) is 0. The molecule has 114 valence electrons. The zero-order valence-electron chi connectivity index (χ0n) is 12.1. The Morgan fingerprint density at radius 1 is 1.19 bits per heavy atom. The van der Waals surface area contributed by atoms with Gasteiger partial charge in [0, 0.05) is 13.0 Å². The highest BCUT2D eigenvalue weighted by Gasteiger charge is 2.21. The molecule has 0 spiro atoms. The fourth-order valence-electron chi connectivity index (χ4n) is 3.04. The number of fused-ring (bicyclic) bond motifs is 1. The molecule has 3 rings (SSSR count). The van der Waals surface area contributed by atoms with Crippen LogP contribution in [0.25, 0.3) is 0 Å². The van der Waals surface area contributed by atoms with Gasteiger partial charge in [-0.05, 0) is 49.5 Å². The molecule has 0 aromatic heterocycles. The van der Waals surface area contributed by atoms with Gasteiger partial charge in [0.25, 0.3) is 0 Å². The Morgan fingerprint density at radius 3 is 2.62 bits per heavy atom. The lowest BCUT2D eigenvalue weighted by atomic mass is 9.93. The van der Waals surface area contributed by atoms with Crippen LogP contribution in [-0.4, -0.2) is 42.3 Å². The van der Waals surface area contributed by atoms with Gasteiger partial charge >= 0.3 is 5.97 Å². The predicted octanol–water partition coefficient (Wildman–Crippen LogP) is 2.14. The highest BCUT2D eigenvalue weighted by molar-refractivity contribution is 5.67. The SMILES string of the molecule is O=C(O)CC1CCN(Cc2ccc3c(c2)OCCO3)CC1. The largest absolute Gasteiger partial charge is 0.486 e. The summed E-state index contributed by atoms with van der Waals surface area (Å²) in [6.07, 6.45) is 2.24. The zero-order valence-corrected chi connectivity index (χ0v) is 12.1. The van der Waals surface area contributed by atoms with Crippen LogP contribution >= 0.6 is 0 Å². The Balaban J connectivity index is 1.54. The summed E-state index contributed by atoms with van der Waals surface area (Å²) in [5.41, 5.74) is 1.22. The average Bonchev–Trinajstić information content (AvgIpc) is 2.49. The van der Waals surface area contributed by atoms with Gasteiger partial charge in [-0.25, -0.2) is 0 Å². The summed E-state index contributed by atoms with van der Waals surface area (Å²) in [6, 6.07) is 6.11. The number of carboxylic acids is 1. The van der Waals surface area contributed by atoms with E-state index in [1.54, 1.807) is 0 Å². The molecule has 5 nitrogen and oxygen atoms in total. The number of hydrogen-bond acceptors (Lipinski definition) is 4. The molecule has 0 unspecified atom stereocenters. The van der Waals surface area contributed by atoms with Crippen molar-refractivity contribution in [1.82, 2.24) is 4.90 Å². The molecule has 1 aromatic carbocycles. The second-order valence-electron chi connectivity index (χ2n) is 5.80. The third kappa shape index (κ3) is 3.67. The monoisotopic (exact) mass is 291 g/mol. The van der Waals surface area contributed by atoms with Crippen LogP contribution in [0.4, 0.5) is 0 Å². The maximum absolute atomic E-state index is 10.7. The molecule has 0 amide bonds. The third-order valence-electron chi connectivity index (χ3n) is 4.18. The summed E-state index contributed by atoms with van der Waals surface area (Å²) in [5, 5.41) is 8.84. The Hall–Kier alpha value is -1.75. The summed E-state index contributed by atoms with van der Waals surface area (Å²) < 4.78 is 11.1. The summed E-state index contributed by atoms with van der Waals surface area (Å²) in [5.74, 6) is 1.31. The van der Waals surface area contributed by atoms with Gasteiger partial charge in [-0.2, -0.15) is 0 Å². The van der Waals surface area contributed by atoms with Crippen LogP contribution in [0, 0.1) is 5.92 Å². The normalized spacial score (nSPS) is 19.4. The zero-order chi connectivity index (χ0) is 14.7. The van der Waals surface area contributed by atoms with Crippen molar-refractivity contribution in [3.8, 4) is 11.5 Å². The van der Waals surface area contributed by atoms with E-state index in [1.165, 1.54) is 5.56 Å². The molecule has 0 atom stereocenters. The van der Waals surface area contributed by atoms with Crippen molar-refractivity contribution in [2.45, 2.75) is 25.8 Å². The molecule has 1 fully saturated rings. The van der Waals surface area contributed by atoms with Crippen LogP contribution in [0.3, 0.4) is 0 Å². The number of hydrogen-bond donors (Lipinski definition) is 1. The van der Waals surface area contributed by atoms with Gasteiger partial charge in [0.2, 0.25) is 0 Å². The summed E-state index contributed by atoms with van der Waals surface area (Å²) in [4.78, 5) is 13.1. The summed E-state index contributed by atoms with van der Waals surface area (Å²) >= 11 is 0. The van der Waals surface area contributed by atoms with Crippen molar-refractivity contribution in [3.05, 3.63) is 23.8 Å². The molecular weight excluding hydrogens is 270 g/mol. The number of nitrogens with zero attached hydrogens (tertiary/aromatic N) is 1. The van der Waals surface area contributed by atoms with Crippen LogP contribution in [0.2, 0.25) is 0 Å². The lowest BCUT2D eigenvalue weighted by Gasteiger charge is -2.31. The number of likely N-dealkylation sites (tertiary alicyclic amines) is 1. The van der Waals surface area contributed by atoms with E-state index in [1.807, 2.05) is 6.07 Å². The Labute approximate surface area is 124 Å². The second-order valence-corrected chi connectivity index (χ2v) is 5.80. The molecule has 21 heavy (non-hydrogen) atoms. The Morgan fingerprint density at radius 2 is 1.90 bits per heavy atom. The van der Waals surface area contributed by atoms with Gasteiger partial charge < -0.3 is 14.6 Å². The van der Waals surface area contributed by atoms with Crippen molar-refractivity contribution < 1.29 is 19.4 Å². The highest BCUT2D eigenvalue weighted by Crippen LogP contribution is 2.31. The quantitative estimate of drug-likeness (QED) is 0.921. The van der Waals surface area contributed by atoms with Gasteiger partial charge in [0.05, 0.1) is 0 Å². The maximum Gasteiger partial charge on any atom is 0.303 e. The maximum atomic E-state index is 10.7. The van der Waals surface area contributed by atoms with E-state index in [4.69, 9.17) is 14.6 Å². The minimum atomic E-state index is -0.680. The first kappa shape index (κ1) is 14.2. The number of carboxylic acid groups (broad SMARTS) is 1. The summed E-state index contributed by atoms with van der Waals surface area (Å²) in [6.45, 7) is 4.04. The number of rotatable bonds is 4. The number of carbonyl (C=O) groups is 1. The van der Waals surface area contributed by atoms with E-state index >= 15 is 0 Å². The van der Waals surface area contributed by atoms with E-state index in [9.17, 15) is 4.79 Å². The van der Waals surface area contributed by atoms with Crippen molar-refractivity contribution in [1.29, 1.82) is 0 Å². The standard InChI is InChI=1S/C16H21NO4/c18-16(19)10-12-3-5-17(6-4-12)11-13-1-2-14-15(9-13)21-8-7-20-14/h1-2,9,12H,3-8,10-11H2,(H,18,19). The van der Waals surface area contributed by atoms with Crippen LogP contribution in [0.15, 0.2) is 18.2 Å². The molecule has 1 N–H and O–H groups in total. The van der Waals surface area contributed by atoms with E-state index < -0.39 is 5.97 Å². The van der Waals surface area contributed by atoms with Gasteiger partial charge in [0.15, 0.2) is 11.5 Å². The molecule has 0 bridgehead atoms. The topological polar surface area (TPSA) is 59.0 Å². The average molecular weight is 291 g/mol. The lowest BCUT2D eigenvalue weighted by molar-refractivity contribution is -0.138. The minimum Gasteiger partial charge on any atom is -0.486 e. The van der Waals surface area contributed by atoms with Gasteiger partial charge in [-0.3, -0.25) is 9.69 Å². The molecule has 1 aromatic rings. The number of benzene rings is 1. The van der Waals surface area contributed by atoms with Crippen molar-refractivity contribution in [2.24, 2.45) is 5.92 Å². The highest BCUT2D eigenvalue weighted by atomic mass is 16.6. The first-order chi connectivity index (χ1) is 10.2. The predicted molar refractivity (Wildman–Crippen MR) is 77.7 cm³/mol. The number of ether oxygens (including phenoxy) is 2. The van der Waals surface area contributed by atoms with Gasteiger partial charge in [-0.1, -0.05) is 6.07 Å². The van der Waals surface area contributed by atoms with E-state index in [0.717, 1.165) is 44.0 Å². The van der Waals surface area contributed by atoms with Crippen LogP contribution < -0.4 is 9.47 Å². The molecule has 2 aliphatic heterocycles. The first-order valence-electron chi connectivity index (χ1n) is 7.53. The minimum absolute atomic E-state index is 0.303. The molecule has 0 radical (unpaired) electrons. The molecule has 0 saturated carbocycles. The van der Waals surface area contributed by atoms with Crippen molar-refractivity contribution in [2.75, 3.05) is 26.3 Å². The third-order valence-corrected chi connectivity index (χ3v) is 4.18. The Kier molecular flexibility index (Phi) is 4.29. The lowest BCUT2D eigenvalue weighted by Crippen LogP contribution is -2.33. The Bertz CT molecular complexity index is 509. The van der Waals surface area contributed by atoms with Crippen LogP contribution in [0.5, 0.6) is 11.5 Å². The number of piperidine rings is 1. The van der Waals surface area contributed by atoms with Crippen LogP contribution in [0.1, 0.15) is 24.8 Å². The fourth-order valence-corrected chi connectivity index (χ4v) is 3.04. The van der Waals surface area contributed by atoms with Crippen LogP contribution in [-0.2, 0) is 11.3 Å². The van der Waals surface area contributed by atoms with Crippen molar-refractivity contribution in [3.63, 3.8) is 0 Å². The first-order valence-corrected chi connectivity index (χ1v) is 7.53. The molecule has 0 aliphatic carbocycles. The van der Waals surface area contributed by atoms with Gasteiger partial charge in [0.1, 0.15) is 13.2 Å². The molecular formula is C16H21NO4. The van der Waals surface area contributed by atoms with E-state index in [-0.39, 0.29) is 0 Å². The second kappa shape index (κ2) is 6.35.